The van der Waals surface area contributed by atoms with E-state index in [9.17, 15) is 4.79 Å². The first-order valence-corrected chi connectivity index (χ1v) is 7.24. The van der Waals surface area contributed by atoms with Crippen molar-refractivity contribution in [3.05, 3.63) is 29.8 Å². The van der Waals surface area contributed by atoms with Crippen molar-refractivity contribution in [3.63, 3.8) is 0 Å². The monoisotopic (exact) mass is 276 g/mol. The maximum absolute atomic E-state index is 12.5. The standard InChI is InChI=1S/C16H24N2O2/c1-12(18(2)14-8-10-17-11-9-14)16(19)13-4-6-15(20-3)7-5-13/h4-7,12,14,17H,8-11H2,1-3H3. The van der Waals surface area contributed by atoms with Crippen molar-refractivity contribution in [2.45, 2.75) is 31.8 Å². The zero-order valence-corrected chi connectivity index (χ0v) is 12.6. The lowest BCUT2D eigenvalue weighted by Gasteiger charge is -2.35. The lowest BCUT2D eigenvalue weighted by Crippen LogP contribution is -2.47. The molecule has 0 aromatic heterocycles. The van der Waals surface area contributed by atoms with Crippen LogP contribution in [0.2, 0.25) is 0 Å². The van der Waals surface area contributed by atoms with Gasteiger partial charge in [-0.3, -0.25) is 9.69 Å². The summed E-state index contributed by atoms with van der Waals surface area (Å²) in [5.41, 5.74) is 0.749. The number of piperidine rings is 1. The fourth-order valence-electron chi connectivity index (χ4n) is 2.71. The first-order valence-electron chi connectivity index (χ1n) is 7.24. The molecule has 0 bridgehead atoms. The number of methoxy groups -OCH3 is 1. The summed E-state index contributed by atoms with van der Waals surface area (Å²) < 4.78 is 5.12. The molecule has 4 heteroatoms. The Morgan fingerprint density at radius 2 is 1.90 bits per heavy atom. The highest BCUT2D eigenvalue weighted by atomic mass is 16.5. The molecule has 0 aliphatic carbocycles. The van der Waals surface area contributed by atoms with Gasteiger partial charge in [-0.25, -0.2) is 0 Å². The second-order valence-corrected chi connectivity index (χ2v) is 5.42. The van der Waals surface area contributed by atoms with Gasteiger partial charge in [-0.15, -0.1) is 0 Å². The lowest BCUT2D eigenvalue weighted by atomic mass is 9.99. The summed E-state index contributed by atoms with van der Waals surface area (Å²) in [6.45, 7) is 4.07. The zero-order chi connectivity index (χ0) is 14.5. The number of nitrogens with zero attached hydrogens (tertiary/aromatic N) is 1. The highest BCUT2D eigenvalue weighted by Crippen LogP contribution is 2.18. The Bertz CT molecular complexity index is 438. The van der Waals surface area contributed by atoms with Crippen molar-refractivity contribution in [3.8, 4) is 5.75 Å². The second-order valence-electron chi connectivity index (χ2n) is 5.42. The second kappa shape index (κ2) is 6.86. The van der Waals surface area contributed by atoms with Gasteiger partial charge in [0.05, 0.1) is 13.2 Å². The summed E-state index contributed by atoms with van der Waals surface area (Å²) in [5.74, 6) is 0.953. The van der Waals surface area contributed by atoms with Crippen LogP contribution in [0.5, 0.6) is 5.75 Å². The fraction of sp³-hybridized carbons (Fsp3) is 0.562. The predicted octanol–water partition coefficient (Wildman–Crippen LogP) is 1.95. The first-order chi connectivity index (χ1) is 9.63. The Labute approximate surface area is 121 Å². The van der Waals surface area contributed by atoms with Crippen molar-refractivity contribution >= 4 is 5.78 Å². The van der Waals surface area contributed by atoms with E-state index in [2.05, 4.69) is 17.3 Å². The Kier molecular flexibility index (Phi) is 5.15. The average Bonchev–Trinajstić information content (AvgIpc) is 2.53. The normalized spacial score (nSPS) is 18.0. The largest absolute Gasteiger partial charge is 0.497 e. The van der Waals surface area contributed by atoms with Crippen molar-refractivity contribution in [1.29, 1.82) is 0 Å². The van der Waals surface area contributed by atoms with E-state index >= 15 is 0 Å². The number of hydrogen-bond acceptors (Lipinski definition) is 4. The van der Waals surface area contributed by atoms with Gasteiger partial charge in [-0.1, -0.05) is 0 Å². The maximum Gasteiger partial charge on any atom is 0.179 e. The van der Waals surface area contributed by atoms with Crippen molar-refractivity contribution < 1.29 is 9.53 Å². The van der Waals surface area contributed by atoms with Crippen LogP contribution in [0.3, 0.4) is 0 Å². The van der Waals surface area contributed by atoms with Crippen LogP contribution in [0.15, 0.2) is 24.3 Å². The molecule has 1 aromatic rings. The van der Waals surface area contributed by atoms with Crippen LogP contribution in [0.1, 0.15) is 30.1 Å². The SMILES string of the molecule is COc1ccc(C(=O)C(C)N(C)C2CCNCC2)cc1. The molecule has 2 rings (SSSR count). The number of hydrogen-bond donors (Lipinski definition) is 1. The molecule has 1 atom stereocenters. The molecule has 1 unspecified atom stereocenters. The molecule has 0 radical (unpaired) electrons. The van der Waals surface area contributed by atoms with E-state index in [1.165, 1.54) is 0 Å². The lowest BCUT2D eigenvalue weighted by molar-refractivity contribution is 0.0785. The predicted molar refractivity (Wildman–Crippen MR) is 80.4 cm³/mol. The number of nitrogens with one attached hydrogen (secondary N) is 1. The van der Waals surface area contributed by atoms with Gasteiger partial charge in [0.2, 0.25) is 0 Å². The quantitative estimate of drug-likeness (QED) is 0.835. The third kappa shape index (κ3) is 3.38. The van der Waals surface area contributed by atoms with Crippen LogP contribution in [-0.4, -0.2) is 50.0 Å². The maximum atomic E-state index is 12.5. The summed E-state index contributed by atoms with van der Waals surface area (Å²) in [7, 11) is 3.69. The van der Waals surface area contributed by atoms with Crippen molar-refractivity contribution in [1.82, 2.24) is 10.2 Å². The molecule has 0 spiro atoms. The summed E-state index contributed by atoms with van der Waals surface area (Å²) >= 11 is 0. The van der Waals surface area contributed by atoms with Crippen molar-refractivity contribution in [2.75, 3.05) is 27.2 Å². The van der Waals surface area contributed by atoms with Gasteiger partial charge in [0.25, 0.3) is 0 Å². The van der Waals surface area contributed by atoms with Gasteiger partial charge in [0.15, 0.2) is 5.78 Å². The average molecular weight is 276 g/mol. The number of carbonyl (C=O) groups is 1. The minimum Gasteiger partial charge on any atom is -0.497 e. The topological polar surface area (TPSA) is 41.6 Å². The highest BCUT2D eigenvalue weighted by Gasteiger charge is 2.26. The van der Waals surface area contributed by atoms with Crippen LogP contribution < -0.4 is 10.1 Å². The van der Waals surface area contributed by atoms with Gasteiger partial charge in [0, 0.05) is 11.6 Å². The molecular weight excluding hydrogens is 252 g/mol. The van der Waals surface area contributed by atoms with Crippen LogP contribution in [0.4, 0.5) is 0 Å². The molecule has 1 aliphatic heterocycles. The van der Waals surface area contributed by atoms with Gasteiger partial charge in [0.1, 0.15) is 5.75 Å². The smallest absolute Gasteiger partial charge is 0.179 e. The van der Waals surface area contributed by atoms with E-state index in [0.717, 1.165) is 37.2 Å². The Morgan fingerprint density at radius 3 is 2.45 bits per heavy atom. The third-order valence-electron chi connectivity index (χ3n) is 4.25. The third-order valence-corrected chi connectivity index (χ3v) is 4.25. The van der Waals surface area contributed by atoms with Gasteiger partial charge in [-0.2, -0.15) is 0 Å². The first kappa shape index (κ1) is 15.0. The van der Waals surface area contributed by atoms with Gasteiger partial charge in [-0.05, 0) is 64.2 Å². The molecule has 1 saturated heterocycles. The number of Topliss-reactive ketones (excluding diaryl/α,β-unsaturated/α-hetero) is 1. The van der Waals surface area contributed by atoms with Crippen LogP contribution in [0.25, 0.3) is 0 Å². The Morgan fingerprint density at radius 1 is 1.30 bits per heavy atom. The number of benzene rings is 1. The fourth-order valence-corrected chi connectivity index (χ4v) is 2.71. The minimum absolute atomic E-state index is 0.0912. The zero-order valence-electron chi connectivity index (χ0n) is 12.6. The van der Waals surface area contributed by atoms with Gasteiger partial charge >= 0.3 is 0 Å². The molecule has 20 heavy (non-hydrogen) atoms. The number of ether oxygens (including phenoxy) is 1. The number of rotatable bonds is 5. The van der Waals surface area contributed by atoms with E-state index < -0.39 is 0 Å². The van der Waals surface area contributed by atoms with Crippen LogP contribution in [0, 0.1) is 0 Å². The summed E-state index contributed by atoms with van der Waals surface area (Å²) in [5, 5.41) is 3.36. The minimum atomic E-state index is -0.0912. The molecular formula is C16H24N2O2. The van der Waals surface area contributed by atoms with E-state index in [-0.39, 0.29) is 11.8 Å². The van der Waals surface area contributed by atoms with E-state index in [1.54, 1.807) is 7.11 Å². The number of ketones is 1. The Balaban J connectivity index is 2.02. The van der Waals surface area contributed by atoms with E-state index in [1.807, 2.05) is 31.2 Å². The summed E-state index contributed by atoms with van der Waals surface area (Å²) in [6, 6.07) is 7.76. The summed E-state index contributed by atoms with van der Waals surface area (Å²) in [6.07, 6.45) is 2.22. The van der Waals surface area contributed by atoms with Crippen LogP contribution >= 0.6 is 0 Å². The van der Waals surface area contributed by atoms with E-state index in [4.69, 9.17) is 4.74 Å². The molecule has 1 heterocycles. The molecule has 1 fully saturated rings. The molecule has 0 saturated carbocycles. The molecule has 1 aromatic carbocycles. The molecule has 4 nitrogen and oxygen atoms in total. The summed E-state index contributed by atoms with van der Waals surface area (Å²) in [4.78, 5) is 14.7. The molecule has 1 N–H and O–H groups in total. The highest BCUT2D eigenvalue weighted by molar-refractivity contribution is 5.99. The van der Waals surface area contributed by atoms with Crippen LogP contribution in [-0.2, 0) is 0 Å². The number of likely N-dealkylation sites (N-methyl/N-ethyl adjacent to an activating group) is 1. The Hall–Kier alpha value is -1.39. The van der Waals surface area contributed by atoms with Gasteiger partial charge < -0.3 is 10.1 Å². The van der Waals surface area contributed by atoms with E-state index in [0.29, 0.717) is 6.04 Å². The number of carbonyl (C=O) groups excluding carboxylic acids is 1. The van der Waals surface area contributed by atoms with Crippen molar-refractivity contribution in [2.24, 2.45) is 0 Å². The molecule has 0 amide bonds. The molecule has 110 valence electrons. The molecule has 1 aliphatic rings.